The summed E-state index contributed by atoms with van der Waals surface area (Å²) in [5, 5.41) is 5.15. The molecule has 3 aromatic carbocycles. The number of hydrogen-bond donors (Lipinski definition) is 2. The molecule has 0 radical (unpaired) electrons. The fourth-order valence-electron chi connectivity index (χ4n) is 3.68. The molecule has 0 fully saturated rings. The van der Waals surface area contributed by atoms with E-state index in [4.69, 9.17) is 0 Å². The number of benzene rings is 3. The molecule has 0 bridgehead atoms. The summed E-state index contributed by atoms with van der Waals surface area (Å²) in [6, 6.07) is 21.4. The summed E-state index contributed by atoms with van der Waals surface area (Å²) in [7, 11) is -2.06. The Labute approximate surface area is 199 Å². The largest absolute Gasteiger partial charge is 0.358 e. The zero-order chi connectivity index (χ0) is 24.3. The SMILES string of the molecule is Cc1ccc(S(=O)(=O)N(C)Cc2ccc(C(=O)N/N=C/c3c(C)[nH]c4ccccc34)cc2)cc1. The van der Waals surface area contributed by atoms with Crippen molar-refractivity contribution in [2.45, 2.75) is 25.3 Å². The first kappa shape index (κ1) is 23.4. The third-order valence-electron chi connectivity index (χ3n) is 5.65. The molecule has 8 heteroatoms. The molecule has 1 aromatic heterocycles. The molecule has 0 atom stereocenters. The number of carbonyl (C=O) groups is 1. The van der Waals surface area contributed by atoms with Gasteiger partial charge in [-0.15, -0.1) is 0 Å². The third-order valence-corrected chi connectivity index (χ3v) is 7.47. The minimum absolute atomic E-state index is 0.191. The highest BCUT2D eigenvalue weighted by molar-refractivity contribution is 7.89. The number of hydrazone groups is 1. The molecule has 4 rings (SSSR count). The number of hydrogen-bond acceptors (Lipinski definition) is 4. The number of aromatic amines is 1. The summed E-state index contributed by atoms with van der Waals surface area (Å²) in [6.07, 6.45) is 1.63. The van der Waals surface area contributed by atoms with Gasteiger partial charge in [0, 0.05) is 41.3 Å². The van der Waals surface area contributed by atoms with Crippen LogP contribution in [0.3, 0.4) is 0 Å². The van der Waals surface area contributed by atoms with Crippen molar-refractivity contribution in [1.29, 1.82) is 0 Å². The van der Waals surface area contributed by atoms with Crippen molar-refractivity contribution < 1.29 is 13.2 Å². The van der Waals surface area contributed by atoms with Crippen LogP contribution < -0.4 is 5.43 Å². The minimum atomic E-state index is -3.60. The van der Waals surface area contributed by atoms with Crippen LogP contribution >= 0.6 is 0 Å². The van der Waals surface area contributed by atoms with Gasteiger partial charge in [0.05, 0.1) is 11.1 Å². The summed E-state index contributed by atoms with van der Waals surface area (Å²) < 4.78 is 26.9. The van der Waals surface area contributed by atoms with Gasteiger partial charge in [0.2, 0.25) is 10.0 Å². The molecule has 1 amide bonds. The van der Waals surface area contributed by atoms with E-state index in [0.717, 1.165) is 33.3 Å². The third kappa shape index (κ3) is 4.93. The van der Waals surface area contributed by atoms with Crippen LogP contribution in [0.2, 0.25) is 0 Å². The molecule has 0 aliphatic rings. The van der Waals surface area contributed by atoms with Gasteiger partial charge in [-0.1, -0.05) is 48.0 Å². The maximum absolute atomic E-state index is 12.8. The number of sulfonamides is 1. The molecule has 34 heavy (non-hydrogen) atoms. The van der Waals surface area contributed by atoms with Gasteiger partial charge in [0.15, 0.2) is 0 Å². The first-order valence-electron chi connectivity index (χ1n) is 10.8. The van der Waals surface area contributed by atoms with E-state index in [0.29, 0.717) is 5.56 Å². The lowest BCUT2D eigenvalue weighted by molar-refractivity contribution is 0.0955. The topological polar surface area (TPSA) is 94.6 Å². The van der Waals surface area contributed by atoms with Crippen molar-refractivity contribution >= 4 is 33.0 Å². The Morgan fingerprint density at radius 1 is 1.00 bits per heavy atom. The average molecular weight is 475 g/mol. The van der Waals surface area contributed by atoms with Gasteiger partial charge in [-0.05, 0) is 49.7 Å². The van der Waals surface area contributed by atoms with E-state index in [2.05, 4.69) is 15.5 Å². The summed E-state index contributed by atoms with van der Waals surface area (Å²) in [4.78, 5) is 16.0. The molecular formula is C26H26N4O3S. The molecular weight excluding hydrogens is 448 g/mol. The van der Waals surface area contributed by atoms with Crippen LogP contribution in [0.25, 0.3) is 10.9 Å². The van der Waals surface area contributed by atoms with Crippen molar-refractivity contribution in [3.05, 3.63) is 101 Å². The smallest absolute Gasteiger partial charge is 0.271 e. The van der Waals surface area contributed by atoms with Crippen LogP contribution in [0.4, 0.5) is 0 Å². The lowest BCUT2D eigenvalue weighted by Crippen LogP contribution is -2.26. The predicted molar refractivity (Wildman–Crippen MR) is 134 cm³/mol. The van der Waals surface area contributed by atoms with Gasteiger partial charge in [-0.3, -0.25) is 4.79 Å². The van der Waals surface area contributed by atoms with Crippen LogP contribution in [-0.4, -0.2) is 36.9 Å². The van der Waals surface area contributed by atoms with Crippen LogP contribution in [0.5, 0.6) is 0 Å². The Balaban J connectivity index is 1.40. The summed E-state index contributed by atoms with van der Waals surface area (Å²) in [6.45, 7) is 4.06. The van der Waals surface area contributed by atoms with E-state index in [1.54, 1.807) is 54.7 Å². The van der Waals surface area contributed by atoms with Crippen LogP contribution in [0.15, 0.2) is 82.8 Å². The normalized spacial score (nSPS) is 12.0. The summed E-state index contributed by atoms with van der Waals surface area (Å²) >= 11 is 0. The number of nitrogens with one attached hydrogen (secondary N) is 2. The number of H-pyrrole nitrogens is 1. The van der Waals surface area contributed by atoms with Crippen LogP contribution in [0.1, 0.15) is 32.7 Å². The van der Waals surface area contributed by atoms with Gasteiger partial charge in [0.25, 0.3) is 5.91 Å². The standard InChI is InChI=1S/C26H26N4O3S/c1-18-8-14-22(15-9-18)34(32,33)30(3)17-20-10-12-21(13-11-20)26(31)29-27-16-24-19(2)28-25-7-5-4-6-23(24)25/h4-16,28H,17H2,1-3H3,(H,29,31)/b27-16+. The fourth-order valence-corrected chi connectivity index (χ4v) is 4.84. The average Bonchev–Trinajstić information content (AvgIpc) is 3.14. The maximum Gasteiger partial charge on any atom is 0.271 e. The number of aryl methyl sites for hydroxylation is 2. The number of amides is 1. The number of para-hydroxylation sites is 1. The molecule has 0 spiro atoms. The molecule has 174 valence electrons. The van der Waals surface area contributed by atoms with Gasteiger partial charge in [-0.2, -0.15) is 9.41 Å². The van der Waals surface area contributed by atoms with E-state index in [9.17, 15) is 13.2 Å². The van der Waals surface area contributed by atoms with E-state index < -0.39 is 10.0 Å². The van der Waals surface area contributed by atoms with E-state index in [1.165, 1.54) is 11.4 Å². The van der Waals surface area contributed by atoms with Crippen molar-refractivity contribution in [1.82, 2.24) is 14.7 Å². The van der Waals surface area contributed by atoms with Gasteiger partial charge in [0.1, 0.15) is 0 Å². The molecule has 0 aliphatic heterocycles. The van der Waals surface area contributed by atoms with Gasteiger partial charge in [-0.25, -0.2) is 13.8 Å². The van der Waals surface area contributed by atoms with Crippen LogP contribution in [0, 0.1) is 13.8 Å². The minimum Gasteiger partial charge on any atom is -0.358 e. The first-order valence-corrected chi connectivity index (χ1v) is 12.2. The Morgan fingerprint density at radius 2 is 1.68 bits per heavy atom. The van der Waals surface area contributed by atoms with Crippen molar-refractivity contribution in [3.8, 4) is 0 Å². The van der Waals surface area contributed by atoms with E-state index in [-0.39, 0.29) is 17.3 Å². The Kier molecular flexibility index (Phi) is 6.63. The van der Waals surface area contributed by atoms with Crippen LogP contribution in [-0.2, 0) is 16.6 Å². The van der Waals surface area contributed by atoms with Crippen molar-refractivity contribution in [2.24, 2.45) is 5.10 Å². The molecule has 0 aliphatic carbocycles. The Bertz CT molecular complexity index is 1450. The summed E-state index contributed by atoms with van der Waals surface area (Å²) in [5.41, 5.74) is 7.65. The fraction of sp³-hybridized carbons (Fsp3) is 0.154. The number of nitrogens with zero attached hydrogens (tertiary/aromatic N) is 2. The lowest BCUT2D eigenvalue weighted by atomic mass is 10.1. The Morgan fingerprint density at radius 3 is 2.38 bits per heavy atom. The number of fused-ring (bicyclic) bond motifs is 1. The second-order valence-electron chi connectivity index (χ2n) is 8.18. The molecule has 7 nitrogen and oxygen atoms in total. The number of aromatic nitrogens is 1. The highest BCUT2D eigenvalue weighted by Crippen LogP contribution is 2.20. The monoisotopic (exact) mass is 474 g/mol. The number of rotatable bonds is 7. The molecule has 4 aromatic rings. The van der Waals surface area contributed by atoms with Gasteiger partial charge < -0.3 is 4.98 Å². The predicted octanol–water partition coefficient (Wildman–Crippen LogP) is 4.37. The van der Waals surface area contributed by atoms with Crippen molar-refractivity contribution in [3.63, 3.8) is 0 Å². The Hall–Kier alpha value is -3.75. The van der Waals surface area contributed by atoms with E-state index in [1.807, 2.05) is 38.1 Å². The quantitative estimate of drug-likeness (QED) is 0.308. The second-order valence-corrected chi connectivity index (χ2v) is 10.2. The number of carbonyl (C=O) groups excluding carboxylic acids is 1. The molecule has 2 N–H and O–H groups in total. The molecule has 1 heterocycles. The molecule has 0 saturated carbocycles. The maximum atomic E-state index is 12.8. The zero-order valence-electron chi connectivity index (χ0n) is 19.2. The highest BCUT2D eigenvalue weighted by Gasteiger charge is 2.20. The van der Waals surface area contributed by atoms with Gasteiger partial charge >= 0.3 is 0 Å². The molecule has 0 saturated heterocycles. The second kappa shape index (κ2) is 9.62. The highest BCUT2D eigenvalue weighted by atomic mass is 32.2. The summed E-state index contributed by atoms with van der Waals surface area (Å²) in [5.74, 6) is -0.346. The lowest BCUT2D eigenvalue weighted by Gasteiger charge is -2.17. The zero-order valence-corrected chi connectivity index (χ0v) is 20.1. The van der Waals surface area contributed by atoms with Crippen molar-refractivity contribution in [2.75, 3.05) is 7.05 Å². The molecule has 0 unspecified atom stereocenters. The van der Waals surface area contributed by atoms with E-state index >= 15 is 0 Å². The first-order chi connectivity index (χ1) is 16.3.